The molecule has 0 bridgehead atoms. The Morgan fingerprint density at radius 2 is 1.78 bits per heavy atom. The molecule has 1 aromatic carbocycles. The fraction of sp³-hybridized carbons (Fsp3) is 0.577. The molecule has 1 atom stereocenters. The van der Waals surface area contributed by atoms with Crippen LogP contribution >= 0.6 is 0 Å². The van der Waals surface area contributed by atoms with E-state index in [1.165, 1.54) is 10.5 Å². The molecule has 1 saturated carbocycles. The molecule has 192 valence electrons. The third-order valence-electron chi connectivity index (χ3n) is 7.83. The van der Waals surface area contributed by atoms with Crippen LogP contribution in [-0.2, 0) is 9.59 Å². The zero-order chi connectivity index (χ0) is 25.3. The van der Waals surface area contributed by atoms with Crippen molar-refractivity contribution in [2.75, 3.05) is 32.7 Å². The highest BCUT2D eigenvalue weighted by atomic mass is 16.5. The normalized spacial score (nSPS) is 21.2. The molecule has 5 rings (SSSR count). The van der Waals surface area contributed by atoms with E-state index in [-0.39, 0.29) is 36.9 Å². The summed E-state index contributed by atoms with van der Waals surface area (Å²) in [6, 6.07) is 7.57. The van der Waals surface area contributed by atoms with Crippen LogP contribution in [0.25, 0.3) is 11.4 Å². The monoisotopic (exact) mass is 494 g/mol. The molecule has 3 fully saturated rings. The van der Waals surface area contributed by atoms with Gasteiger partial charge < -0.3 is 14.7 Å². The first-order valence-electron chi connectivity index (χ1n) is 12.9. The summed E-state index contributed by atoms with van der Waals surface area (Å²) in [7, 11) is 0. The minimum atomic E-state index is -0.742. The number of hydrogen-bond acceptors (Lipinski definition) is 7. The van der Waals surface area contributed by atoms with E-state index >= 15 is 0 Å². The molecular weight excluding hydrogens is 460 g/mol. The molecule has 3 aliphatic rings. The number of carbonyl (C=O) groups is 3. The molecule has 2 aliphatic heterocycles. The summed E-state index contributed by atoms with van der Waals surface area (Å²) in [5.74, 6) is 0.928. The van der Waals surface area contributed by atoms with Gasteiger partial charge in [-0.2, -0.15) is 4.98 Å². The van der Waals surface area contributed by atoms with Crippen LogP contribution in [0.4, 0.5) is 4.79 Å². The molecule has 36 heavy (non-hydrogen) atoms. The summed E-state index contributed by atoms with van der Waals surface area (Å²) in [6.07, 6.45) is 4.50. The Morgan fingerprint density at radius 3 is 2.47 bits per heavy atom. The standard InChI is InChI=1S/C26H34N6O4/c1-18-6-8-20(9-7-18)22-27-23(36-29-22)19(2)30-14-16-31(17-15-30)21(33)10-13-32-24(34)26(28-25(32)35)11-4-3-5-12-26/h6-9,19H,3-5,10-17H2,1-2H3,(H,28,35). The minimum absolute atomic E-state index is 0.0352. The maximum atomic E-state index is 12.9. The van der Waals surface area contributed by atoms with E-state index in [1.54, 1.807) is 0 Å². The zero-order valence-corrected chi connectivity index (χ0v) is 21.0. The van der Waals surface area contributed by atoms with Gasteiger partial charge in [-0.05, 0) is 26.7 Å². The lowest BCUT2D eigenvalue weighted by molar-refractivity contribution is -0.135. The third-order valence-corrected chi connectivity index (χ3v) is 7.83. The molecule has 2 aromatic rings. The van der Waals surface area contributed by atoms with Crippen LogP contribution in [-0.4, -0.2) is 80.9 Å². The van der Waals surface area contributed by atoms with E-state index < -0.39 is 5.54 Å². The quantitative estimate of drug-likeness (QED) is 0.615. The van der Waals surface area contributed by atoms with Crippen molar-refractivity contribution in [3.05, 3.63) is 35.7 Å². The second kappa shape index (κ2) is 10.0. The predicted molar refractivity (Wildman–Crippen MR) is 132 cm³/mol. The first-order chi connectivity index (χ1) is 17.4. The topological polar surface area (TPSA) is 112 Å². The number of aryl methyl sites for hydroxylation is 1. The highest BCUT2D eigenvalue weighted by Gasteiger charge is 2.51. The lowest BCUT2D eigenvalue weighted by atomic mass is 9.82. The van der Waals surface area contributed by atoms with Gasteiger partial charge in [0, 0.05) is 44.7 Å². The summed E-state index contributed by atoms with van der Waals surface area (Å²) >= 11 is 0. The number of carbonyl (C=O) groups excluding carboxylic acids is 3. The maximum Gasteiger partial charge on any atom is 0.325 e. The summed E-state index contributed by atoms with van der Waals surface area (Å²) in [4.78, 5) is 48.1. The van der Waals surface area contributed by atoms with Crippen LogP contribution in [0.5, 0.6) is 0 Å². The third kappa shape index (κ3) is 4.74. The Morgan fingerprint density at radius 1 is 1.08 bits per heavy atom. The van der Waals surface area contributed by atoms with Gasteiger partial charge in [0.05, 0.1) is 6.04 Å². The van der Waals surface area contributed by atoms with Crippen molar-refractivity contribution in [3.8, 4) is 11.4 Å². The molecule has 0 radical (unpaired) electrons. The number of benzene rings is 1. The second-order valence-corrected chi connectivity index (χ2v) is 10.2. The van der Waals surface area contributed by atoms with Gasteiger partial charge in [-0.15, -0.1) is 0 Å². The van der Waals surface area contributed by atoms with Crippen LogP contribution in [0, 0.1) is 6.92 Å². The zero-order valence-electron chi connectivity index (χ0n) is 21.0. The van der Waals surface area contributed by atoms with Crippen LogP contribution in [0.3, 0.4) is 0 Å². The lowest BCUT2D eigenvalue weighted by Gasteiger charge is -2.37. The number of nitrogens with one attached hydrogen (secondary N) is 1. The van der Waals surface area contributed by atoms with Gasteiger partial charge in [-0.1, -0.05) is 54.2 Å². The van der Waals surface area contributed by atoms with Crippen LogP contribution in [0.1, 0.15) is 62.9 Å². The SMILES string of the molecule is Cc1ccc(-c2noc(C(C)N3CCN(C(=O)CCN4C(=O)NC5(CCCCC5)C4=O)CC3)n2)cc1. The Hall–Kier alpha value is -3.27. The molecule has 1 aromatic heterocycles. The number of piperazine rings is 1. The first-order valence-corrected chi connectivity index (χ1v) is 12.9. The predicted octanol–water partition coefficient (Wildman–Crippen LogP) is 2.90. The van der Waals surface area contributed by atoms with Crippen LogP contribution < -0.4 is 5.32 Å². The van der Waals surface area contributed by atoms with Crippen LogP contribution in [0.15, 0.2) is 28.8 Å². The molecule has 1 unspecified atom stereocenters. The van der Waals surface area contributed by atoms with Gasteiger partial charge in [-0.25, -0.2) is 4.79 Å². The summed E-state index contributed by atoms with van der Waals surface area (Å²) < 4.78 is 5.54. The lowest BCUT2D eigenvalue weighted by Crippen LogP contribution is -2.50. The molecule has 10 nitrogen and oxygen atoms in total. The van der Waals surface area contributed by atoms with E-state index in [0.29, 0.717) is 50.7 Å². The second-order valence-electron chi connectivity index (χ2n) is 10.2. The van der Waals surface area contributed by atoms with Gasteiger partial charge in [-0.3, -0.25) is 19.4 Å². The number of rotatable bonds is 6. The summed E-state index contributed by atoms with van der Waals surface area (Å²) in [5, 5.41) is 7.05. The minimum Gasteiger partial charge on any atom is -0.340 e. The van der Waals surface area contributed by atoms with Crippen molar-refractivity contribution in [2.24, 2.45) is 0 Å². The molecule has 4 amide bonds. The molecule has 2 saturated heterocycles. The fourth-order valence-corrected chi connectivity index (χ4v) is 5.48. The highest BCUT2D eigenvalue weighted by Crippen LogP contribution is 2.33. The Bertz CT molecular complexity index is 1120. The Balaban J connectivity index is 1.11. The molecule has 1 N–H and O–H groups in total. The maximum absolute atomic E-state index is 12.9. The van der Waals surface area contributed by atoms with E-state index in [4.69, 9.17) is 4.52 Å². The first kappa shape index (κ1) is 24.4. The number of nitrogens with zero attached hydrogens (tertiary/aromatic N) is 5. The average Bonchev–Trinajstić information content (AvgIpc) is 3.47. The van der Waals surface area contributed by atoms with Gasteiger partial charge in [0.25, 0.3) is 5.91 Å². The fourth-order valence-electron chi connectivity index (χ4n) is 5.48. The van der Waals surface area contributed by atoms with Crippen molar-refractivity contribution in [1.29, 1.82) is 0 Å². The van der Waals surface area contributed by atoms with Gasteiger partial charge in [0.2, 0.25) is 17.6 Å². The van der Waals surface area contributed by atoms with E-state index in [1.807, 2.05) is 43.0 Å². The molecule has 1 aliphatic carbocycles. The van der Waals surface area contributed by atoms with Gasteiger partial charge in [0.1, 0.15) is 5.54 Å². The van der Waals surface area contributed by atoms with Gasteiger partial charge in [0.15, 0.2) is 0 Å². The van der Waals surface area contributed by atoms with Crippen molar-refractivity contribution < 1.29 is 18.9 Å². The molecule has 10 heteroatoms. The van der Waals surface area contributed by atoms with Crippen molar-refractivity contribution in [1.82, 2.24) is 30.2 Å². The smallest absolute Gasteiger partial charge is 0.325 e. The van der Waals surface area contributed by atoms with Gasteiger partial charge >= 0.3 is 6.03 Å². The molecule has 3 heterocycles. The summed E-state index contributed by atoms with van der Waals surface area (Å²) in [5.41, 5.74) is 1.35. The molecular formula is C26H34N6O4. The average molecular weight is 495 g/mol. The number of aromatic nitrogens is 2. The Labute approximate surface area is 211 Å². The number of amides is 4. The number of imide groups is 1. The van der Waals surface area contributed by atoms with E-state index in [2.05, 4.69) is 20.4 Å². The highest BCUT2D eigenvalue weighted by molar-refractivity contribution is 6.07. The number of urea groups is 1. The molecule has 1 spiro atoms. The largest absolute Gasteiger partial charge is 0.340 e. The number of hydrogen-bond donors (Lipinski definition) is 1. The van der Waals surface area contributed by atoms with Crippen molar-refractivity contribution >= 4 is 17.8 Å². The van der Waals surface area contributed by atoms with Crippen molar-refractivity contribution in [3.63, 3.8) is 0 Å². The van der Waals surface area contributed by atoms with E-state index in [9.17, 15) is 14.4 Å². The van der Waals surface area contributed by atoms with Crippen LogP contribution in [0.2, 0.25) is 0 Å². The van der Waals surface area contributed by atoms with E-state index in [0.717, 1.165) is 24.8 Å². The Kier molecular flexibility index (Phi) is 6.79. The summed E-state index contributed by atoms with van der Waals surface area (Å²) in [6.45, 7) is 6.71. The van der Waals surface area contributed by atoms with Crippen molar-refractivity contribution in [2.45, 2.75) is 64.0 Å².